The predicted molar refractivity (Wildman–Crippen MR) is 91.1 cm³/mol. The monoisotopic (exact) mass is 304 g/mol. The first kappa shape index (κ1) is 15.8. The van der Waals surface area contributed by atoms with Crippen LogP contribution in [0.2, 0.25) is 0 Å². The smallest absolute Gasteiger partial charge is 0.132 e. The van der Waals surface area contributed by atoms with Crippen LogP contribution in [0.1, 0.15) is 44.4 Å². The summed E-state index contributed by atoms with van der Waals surface area (Å²) in [5, 5.41) is 8.96. The molecule has 0 saturated heterocycles. The highest BCUT2D eigenvalue weighted by Crippen LogP contribution is 2.29. The molecule has 21 heavy (non-hydrogen) atoms. The first-order valence-electron chi connectivity index (χ1n) is 7.55. The van der Waals surface area contributed by atoms with Gasteiger partial charge in [0.2, 0.25) is 0 Å². The molecule has 0 aliphatic carbocycles. The Morgan fingerprint density at radius 2 is 1.95 bits per heavy atom. The van der Waals surface area contributed by atoms with Crippen molar-refractivity contribution in [2.45, 2.75) is 40.2 Å². The SMILES string of the molecule is CCNc1cc(NC(c2cccs2)C(C)C)nc(CC)n1. The number of rotatable bonds is 7. The highest BCUT2D eigenvalue weighted by Gasteiger charge is 2.17. The second-order valence-electron chi connectivity index (χ2n) is 5.32. The molecule has 0 saturated carbocycles. The zero-order valence-electron chi connectivity index (χ0n) is 13.2. The fraction of sp³-hybridized carbons (Fsp3) is 0.500. The van der Waals surface area contributed by atoms with Gasteiger partial charge in [-0.1, -0.05) is 26.8 Å². The van der Waals surface area contributed by atoms with E-state index in [1.807, 2.05) is 6.07 Å². The Kier molecular flexibility index (Phi) is 5.56. The molecule has 2 heterocycles. The minimum Gasteiger partial charge on any atom is -0.370 e. The quantitative estimate of drug-likeness (QED) is 0.799. The molecular weight excluding hydrogens is 280 g/mol. The van der Waals surface area contributed by atoms with Crippen LogP contribution < -0.4 is 10.6 Å². The molecule has 1 unspecified atom stereocenters. The third-order valence-electron chi connectivity index (χ3n) is 3.27. The lowest BCUT2D eigenvalue weighted by molar-refractivity contribution is 0.551. The Morgan fingerprint density at radius 3 is 2.52 bits per heavy atom. The van der Waals surface area contributed by atoms with Crippen molar-refractivity contribution < 1.29 is 0 Å². The summed E-state index contributed by atoms with van der Waals surface area (Å²) < 4.78 is 0. The number of hydrogen-bond donors (Lipinski definition) is 2. The second-order valence-corrected chi connectivity index (χ2v) is 6.30. The van der Waals surface area contributed by atoms with Gasteiger partial charge in [0.25, 0.3) is 0 Å². The van der Waals surface area contributed by atoms with Gasteiger partial charge in [0.1, 0.15) is 17.5 Å². The van der Waals surface area contributed by atoms with Crippen molar-refractivity contribution >= 4 is 23.0 Å². The van der Waals surface area contributed by atoms with Gasteiger partial charge in [-0.3, -0.25) is 0 Å². The fourth-order valence-electron chi connectivity index (χ4n) is 2.19. The topological polar surface area (TPSA) is 49.8 Å². The van der Waals surface area contributed by atoms with Crippen LogP contribution >= 0.6 is 11.3 Å². The lowest BCUT2D eigenvalue weighted by atomic mass is 10.0. The molecule has 2 rings (SSSR count). The van der Waals surface area contributed by atoms with Gasteiger partial charge in [-0.2, -0.15) is 0 Å². The van der Waals surface area contributed by atoms with Crippen molar-refractivity contribution in [2.24, 2.45) is 5.92 Å². The molecule has 0 spiro atoms. The van der Waals surface area contributed by atoms with Gasteiger partial charge in [-0.05, 0) is 24.3 Å². The van der Waals surface area contributed by atoms with E-state index in [0.717, 1.165) is 30.4 Å². The van der Waals surface area contributed by atoms with E-state index in [0.29, 0.717) is 5.92 Å². The van der Waals surface area contributed by atoms with Gasteiger partial charge in [0.15, 0.2) is 0 Å². The lowest BCUT2D eigenvalue weighted by Gasteiger charge is -2.22. The van der Waals surface area contributed by atoms with E-state index in [1.54, 1.807) is 11.3 Å². The largest absolute Gasteiger partial charge is 0.370 e. The average Bonchev–Trinajstić information content (AvgIpc) is 2.98. The number of nitrogens with one attached hydrogen (secondary N) is 2. The van der Waals surface area contributed by atoms with Crippen molar-refractivity contribution in [1.82, 2.24) is 9.97 Å². The number of nitrogens with zero attached hydrogens (tertiary/aromatic N) is 2. The maximum Gasteiger partial charge on any atom is 0.132 e. The molecule has 1 atom stereocenters. The summed E-state index contributed by atoms with van der Waals surface area (Å²) in [7, 11) is 0. The normalized spacial score (nSPS) is 12.4. The highest BCUT2D eigenvalue weighted by molar-refractivity contribution is 7.10. The molecule has 0 aliphatic rings. The van der Waals surface area contributed by atoms with E-state index in [4.69, 9.17) is 0 Å². The molecule has 0 radical (unpaired) electrons. The van der Waals surface area contributed by atoms with Gasteiger partial charge in [0.05, 0.1) is 6.04 Å². The molecule has 2 aromatic rings. The third kappa shape index (κ3) is 4.17. The summed E-state index contributed by atoms with van der Waals surface area (Å²) >= 11 is 1.78. The zero-order chi connectivity index (χ0) is 15.2. The summed E-state index contributed by atoms with van der Waals surface area (Å²) in [5.41, 5.74) is 0. The van der Waals surface area contributed by atoms with Gasteiger partial charge in [-0.25, -0.2) is 9.97 Å². The number of thiophene rings is 1. The van der Waals surface area contributed by atoms with Gasteiger partial charge < -0.3 is 10.6 Å². The minimum atomic E-state index is 0.277. The van der Waals surface area contributed by atoms with Crippen LogP contribution in [0, 0.1) is 5.92 Å². The number of aryl methyl sites for hydroxylation is 1. The van der Waals surface area contributed by atoms with Gasteiger partial charge in [-0.15, -0.1) is 11.3 Å². The second kappa shape index (κ2) is 7.41. The van der Waals surface area contributed by atoms with Crippen molar-refractivity contribution in [3.8, 4) is 0 Å². The van der Waals surface area contributed by atoms with Crippen LogP contribution in [0.25, 0.3) is 0 Å². The standard InChI is InChI=1S/C16H24N4S/c1-5-13-18-14(17-6-2)10-15(19-13)20-16(11(3)4)12-8-7-9-21-12/h7-11,16H,5-6H2,1-4H3,(H2,17,18,19,20). The van der Waals surface area contributed by atoms with Crippen LogP contribution in [-0.4, -0.2) is 16.5 Å². The van der Waals surface area contributed by atoms with E-state index in [2.05, 4.69) is 65.8 Å². The van der Waals surface area contributed by atoms with E-state index in [9.17, 15) is 0 Å². The molecule has 0 amide bonds. The van der Waals surface area contributed by atoms with Crippen LogP contribution in [0.5, 0.6) is 0 Å². The summed E-state index contributed by atoms with van der Waals surface area (Å²) in [4.78, 5) is 10.4. The first-order chi connectivity index (χ1) is 10.1. The zero-order valence-corrected chi connectivity index (χ0v) is 14.0. The molecule has 4 nitrogen and oxygen atoms in total. The first-order valence-corrected chi connectivity index (χ1v) is 8.43. The van der Waals surface area contributed by atoms with Gasteiger partial charge >= 0.3 is 0 Å². The molecular formula is C16H24N4S. The molecule has 0 aromatic carbocycles. The fourth-order valence-corrected chi connectivity index (χ4v) is 3.14. The Morgan fingerprint density at radius 1 is 1.19 bits per heavy atom. The summed E-state index contributed by atoms with van der Waals surface area (Å²) in [6, 6.07) is 6.54. The molecule has 2 N–H and O–H groups in total. The maximum absolute atomic E-state index is 4.61. The van der Waals surface area contributed by atoms with Crippen LogP contribution in [-0.2, 0) is 6.42 Å². The highest BCUT2D eigenvalue weighted by atomic mass is 32.1. The molecule has 0 bridgehead atoms. The Hall–Kier alpha value is -1.62. The van der Waals surface area contributed by atoms with Crippen LogP contribution in [0.4, 0.5) is 11.6 Å². The van der Waals surface area contributed by atoms with Crippen molar-refractivity contribution in [2.75, 3.05) is 17.2 Å². The van der Waals surface area contributed by atoms with Crippen molar-refractivity contribution in [1.29, 1.82) is 0 Å². The number of anilines is 2. The number of aromatic nitrogens is 2. The Bertz CT molecular complexity index is 551. The van der Waals surface area contributed by atoms with E-state index in [1.165, 1.54) is 4.88 Å². The lowest BCUT2D eigenvalue weighted by Crippen LogP contribution is -2.17. The van der Waals surface area contributed by atoms with Crippen molar-refractivity contribution in [3.63, 3.8) is 0 Å². The molecule has 2 aromatic heterocycles. The average molecular weight is 304 g/mol. The summed E-state index contributed by atoms with van der Waals surface area (Å²) in [6.07, 6.45) is 0.833. The molecule has 114 valence electrons. The van der Waals surface area contributed by atoms with E-state index in [-0.39, 0.29) is 6.04 Å². The summed E-state index contributed by atoms with van der Waals surface area (Å²) in [5.74, 6) is 3.14. The molecule has 0 fully saturated rings. The Balaban J connectivity index is 2.25. The minimum absolute atomic E-state index is 0.277. The van der Waals surface area contributed by atoms with E-state index >= 15 is 0 Å². The van der Waals surface area contributed by atoms with Crippen LogP contribution in [0.3, 0.4) is 0 Å². The third-order valence-corrected chi connectivity index (χ3v) is 4.22. The molecule has 5 heteroatoms. The molecule has 0 aliphatic heterocycles. The summed E-state index contributed by atoms with van der Waals surface area (Å²) in [6.45, 7) is 9.46. The van der Waals surface area contributed by atoms with Crippen molar-refractivity contribution in [3.05, 3.63) is 34.3 Å². The van der Waals surface area contributed by atoms with E-state index < -0.39 is 0 Å². The van der Waals surface area contributed by atoms with Crippen LogP contribution in [0.15, 0.2) is 23.6 Å². The Labute approximate surface area is 131 Å². The van der Waals surface area contributed by atoms with Gasteiger partial charge in [0, 0.05) is 23.9 Å². The maximum atomic E-state index is 4.61. The number of hydrogen-bond acceptors (Lipinski definition) is 5. The predicted octanol–water partition coefficient (Wildman–Crippen LogP) is 4.34.